The molecule has 4 nitrogen and oxygen atoms in total. The van der Waals surface area contributed by atoms with Crippen molar-refractivity contribution >= 4 is 5.91 Å². The van der Waals surface area contributed by atoms with E-state index in [4.69, 9.17) is 5.26 Å². The molecule has 3 atom stereocenters. The fourth-order valence-corrected chi connectivity index (χ4v) is 2.13. The molecule has 1 saturated heterocycles. The Kier molecular flexibility index (Phi) is 4.75. The van der Waals surface area contributed by atoms with Gasteiger partial charge in [-0.3, -0.25) is 4.79 Å². The van der Waals surface area contributed by atoms with Gasteiger partial charge in [0.15, 0.2) is 0 Å². The molecule has 1 N–H and O–H groups in total. The van der Waals surface area contributed by atoms with Crippen molar-refractivity contribution in [1.29, 1.82) is 5.26 Å². The van der Waals surface area contributed by atoms with Gasteiger partial charge in [-0.1, -0.05) is 0 Å². The topological polar surface area (TPSA) is 56.1 Å². The lowest BCUT2D eigenvalue weighted by atomic mass is 9.91. The quantitative estimate of drug-likeness (QED) is 0.780. The van der Waals surface area contributed by atoms with E-state index >= 15 is 0 Å². The number of carbonyl (C=O) groups excluding carboxylic acids is 1. The van der Waals surface area contributed by atoms with Crippen molar-refractivity contribution in [2.24, 2.45) is 5.92 Å². The van der Waals surface area contributed by atoms with Gasteiger partial charge in [-0.05, 0) is 33.2 Å². The SMILES string of the molecule is CC1CC(C(=O)N(C)C(C)CC#N)CCN1. The van der Waals surface area contributed by atoms with E-state index in [0.29, 0.717) is 12.5 Å². The largest absolute Gasteiger partial charge is 0.342 e. The van der Waals surface area contributed by atoms with Crippen LogP contribution in [0.4, 0.5) is 0 Å². The maximum absolute atomic E-state index is 12.1. The summed E-state index contributed by atoms with van der Waals surface area (Å²) in [7, 11) is 1.80. The summed E-state index contributed by atoms with van der Waals surface area (Å²) in [6.45, 7) is 4.95. The molecule has 16 heavy (non-hydrogen) atoms. The Bertz CT molecular complexity index is 284. The summed E-state index contributed by atoms with van der Waals surface area (Å²) in [6.07, 6.45) is 2.22. The Hall–Kier alpha value is -1.08. The van der Waals surface area contributed by atoms with Gasteiger partial charge in [0, 0.05) is 25.0 Å². The summed E-state index contributed by atoms with van der Waals surface area (Å²) in [5, 5.41) is 12.0. The van der Waals surface area contributed by atoms with Crippen molar-refractivity contribution in [3.8, 4) is 6.07 Å². The number of hydrogen-bond donors (Lipinski definition) is 1. The molecule has 1 aliphatic heterocycles. The number of nitrogens with zero attached hydrogens (tertiary/aromatic N) is 2. The molecule has 4 heteroatoms. The molecular formula is C12H21N3O. The van der Waals surface area contributed by atoms with E-state index in [1.165, 1.54) is 0 Å². The molecule has 90 valence electrons. The summed E-state index contributed by atoms with van der Waals surface area (Å²) >= 11 is 0. The summed E-state index contributed by atoms with van der Waals surface area (Å²) < 4.78 is 0. The highest BCUT2D eigenvalue weighted by Crippen LogP contribution is 2.19. The lowest BCUT2D eigenvalue weighted by molar-refractivity contribution is -0.137. The van der Waals surface area contributed by atoms with Gasteiger partial charge in [-0.15, -0.1) is 0 Å². The number of amides is 1. The van der Waals surface area contributed by atoms with Crippen molar-refractivity contribution in [2.45, 2.75) is 45.2 Å². The van der Waals surface area contributed by atoms with Gasteiger partial charge in [0.2, 0.25) is 5.91 Å². The van der Waals surface area contributed by atoms with Crippen LogP contribution in [0.2, 0.25) is 0 Å². The van der Waals surface area contributed by atoms with Crippen LogP contribution < -0.4 is 5.32 Å². The zero-order chi connectivity index (χ0) is 12.1. The number of nitriles is 1. The fourth-order valence-electron chi connectivity index (χ4n) is 2.13. The van der Waals surface area contributed by atoms with Gasteiger partial charge >= 0.3 is 0 Å². The average Bonchev–Trinajstić information content (AvgIpc) is 2.27. The Morgan fingerprint density at radius 3 is 2.94 bits per heavy atom. The predicted molar refractivity (Wildman–Crippen MR) is 62.7 cm³/mol. The molecular weight excluding hydrogens is 202 g/mol. The normalized spacial score (nSPS) is 26.9. The van der Waals surface area contributed by atoms with Crippen molar-refractivity contribution in [1.82, 2.24) is 10.2 Å². The predicted octanol–water partition coefficient (Wildman–Crippen LogP) is 1.14. The third-order valence-corrected chi connectivity index (χ3v) is 3.37. The van der Waals surface area contributed by atoms with Gasteiger partial charge in [0.1, 0.15) is 0 Å². The highest BCUT2D eigenvalue weighted by Gasteiger charge is 2.28. The molecule has 0 aromatic carbocycles. The summed E-state index contributed by atoms with van der Waals surface area (Å²) in [4.78, 5) is 13.9. The van der Waals surface area contributed by atoms with Gasteiger partial charge in [-0.25, -0.2) is 0 Å². The smallest absolute Gasteiger partial charge is 0.225 e. The number of rotatable bonds is 3. The lowest BCUT2D eigenvalue weighted by Gasteiger charge is -2.32. The molecule has 0 aliphatic carbocycles. The second-order valence-electron chi connectivity index (χ2n) is 4.74. The third-order valence-electron chi connectivity index (χ3n) is 3.37. The lowest BCUT2D eigenvalue weighted by Crippen LogP contribution is -2.45. The number of nitrogens with one attached hydrogen (secondary N) is 1. The Morgan fingerprint density at radius 1 is 1.69 bits per heavy atom. The van der Waals surface area contributed by atoms with Crippen LogP contribution >= 0.6 is 0 Å². The van der Waals surface area contributed by atoms with Crippen molar-refractivity contribution in [2.75, 3.05) is 13.6 Å². The second kappa shape index (κ2) is 5.86. The Labute approximate surface area is 97.6 Å². The maximum atomic E-state index is 12.1. The maximum Gasteiger partial charge on any atom is 0.225 e. The Balaban J connectivity index is 2.53. The average molecular weight is 223 g/mol. The molecule has 1 amide bonds. The molecule has 1 heterocycles. The highest BCUT2D eigenvalue weighted by atomic mass is 16.2. The van der Waals surface area contributed by atoms with Crippen LogP contribution in [0.25, 0.3) is 0 Å². The zero-order valence-electron chi connectivity index (χ0n) is 10.4. The molecule has 1 rings (SSSR count). The summed E-state index contributed by atoms with van der Waals surface area (Å²) in [5.41, 5.74) is 0. The minimum absolute atomic E-state index is 0.0164. The first-order chi connectivity index (χ1) is 7.56. The van der Waals surface area contributed by atoms with Crippen molar-refractivity contribution < 1.29 is 4.79 Å². The molecule has 3 unspecified atom stereocenters. The van der Waals surface area contributed by atoms with Gasteiger partial charge in [0.25, 0.3) is 0 Å². The van der Waals surface area contributed by atoms with Crippen LogP contribution in [0.15, 0.2) is 0 Å². The molecule has 0 aromatic rings. The standard InChI is InChI=1S/C12H21N3O/c1-9-8-11(5-7-14-9)12(16)15(3)10(2)4-6-13/h9-11,14H,4-5,7-8H2,1-3H3. The summed E-state index contributed by atoms with van der Waals surface area (Å²) in [6, 6.07) is 2.54. The van der Waals surface area contributed by atoms with Gasteiger partial charge in [0.05, 0.1) is 12.5 Å². The molecule has 0 aromatic heterocycles. The van der Waals surface area contributed by atoms with Gasteiger partial charge < -0.3 is 10.2 Å². The van der Waals surface area contributed by atoms with E-state index < -0.39 is 0 Å². The number of carbonyl (C=O) groups is 1. The van der Waals surface area contributed by atoms with E-state index in [1.54, 1.807) is 11.9 Å². The van der Waals surface area contributed by atoms with Crippen LogP contribution in [-0.2, 0) is 4.79 Å². The van der Waals surface area contributed by atoms with E-state index in [0.717, 1.165) is 19.4 Å². The van der Waals surface area contributed by atoms with E-state index in [1.807, 2.05) is 6.92 Å². The number of piperidine rings is 1. The van der Waals surface area contributed by atoms with Crippen LogP contribution in [-0.4, -0.2) is 36.5 Å². The van der Waals surface area contributed by atoms with E-state index in [9.17, 15) is 4.79 Å². The van der Waals surface area contributed by atoms with E-state index in [-0.39, 0.29) is 17.9 Å². The van der Waals surface area contributed by atoms with Crippen LogP contribution in [0.5, 0.6) is 0 Å². The molecule has 1 fully saturated rings. The third kappa shape index (κ3) is 3.21. The fraction of sp³-hybridized carbons (Fsp3) is 0.833. The zero-order valence-corrected chi connectivity index (χ0v) is 10.4. The van der Waals surface area contributed by atoms with E-state index in [2.05, 4.69) is 18.3 Å². The van der Waals surface area contributed by atoms with Crippen molar-refractivity contribution in [3.05, 3.63) is 0 Å². The molecule has 0 bridgehead atoms. The van der Waals surface area contributed by atoms with Crippen LogP contribution in [0.3, 0.4) is 0 Å². The van der Waals surface area contributed by atoms with Crippen molar-refractivity contribution in [3.63, 3.8) is 0 Å². The monoisotopic (exact) mass is 223 g/mol. The first-order valence-electron chi connectivity index (χ1n) is 5.93. The molecule has 1 aliphatic rings. The highest BCUT2D eigenvalue weighted by molar-refractivity contribution is 5.79. The van der Waals surface area contributed by atoms with Crippen LogP contribution in [0.1, 0.15) is 33.1 Å². The first-order valence-corrected chi connectivity index (χ1v) is 5.93. The first kappa shape index (κ1) is 13.0. The molecule has 0 radical (unpaired) electrons. The van der Waals surface area contributed by atoms with Gasteiger partial charge in [-0.2, -0.15) is 5.26 Å². The minimum atomic E-state index is 0.0164. The Morgan fingerprint density at radius 2 is 2.38 bits per heavy atom. The summed E-state index contributed by atoms with van der Waals surface area (Å²) in [5.74, 6) is 0.318. The number of hydrogen-bond acceptors (Lipinski definition) is 3. The van der Waals surface area contributed by atoms with Crippen LogP contribution in [0, 0.1) is 17.2 Å². The second-order valence-corrected chi connectivity index (χ2v) is 4.74. The molecule has 0 saturated carbocycles. The minimum Gasteiger partial charge on any atom is -0.342 e. The molecule has 0 spiro atoms.